The van der Waals surface area contributed by atoms with Crippen LogP contribution in [-0.2, 0) is 26.2 Å². The largest absolute Gasteiger partial charge is 0.355 e. The highest BCUT2D eigenvalue weighted by Gasteiger charge is 2.33. The number of fused-ring (bicyclic) bond motifs is 1. The number of rotatable bonds is 8. The van der Waals surface area contributed by atoms with Gasteiger partial charge in [0.1, 0.15) is 15.9 Å². The van der Waals surface area contributed by atoms with Crippen molar-refractivity contribution in [1.29, 1.82) is 0 Å². The predicted octanol–water partition coefficient (Wildman–Crippen LogP) is 1.31. The van der Waals surface area contributed by atoms with Crippen molar-refractivity contribution in [2.45, 2.75) is 30.7 Å². The zero-order valence-electron chi connectivity index (χ0n) is 17.8. The molecule has 1 aromatic carbocycles. The Kier molecular flexibility index (Phi) is 7.26. The third kappa shape index (κ3) is 5.52. The summed E-state index contributed by atoms with van der Waals surface area (Å²) in [7, 11) is -3.72. The second-order valence-electron chi connectivity index (χ2n) is 7.75. The molecule has 0 aliphatic carbocycles. The van der Waals surface area contributed by atoms with Crippen LogP contribution in [-0.4, -0.2) is 57.9 Å². The first kappa shape index (κ1) is 23.2. The molecule has 2 N–H and O–H groups in total. The minimum absolute atomic E-state index is 0.147. The van der Waals surface area contributed by atoms with Crippen LogP contribution in [0.2, 0.25) is 0 Å². The van der Waals surface area contributed by atoms with E-state index in [9.17, 15) is 18.0 Å². The van der Waals surface area contributed by atoms with E-state index in [4.69, 9.17) is 0 Å². The average molecular weight is 489 g/mol. The van der Waals surface area contributed by atoms with E-state index < -0.39 is 10.0 Å². The quantitative estimate of drug-likeness (QED) is 0.488. The molecule has 0 bridgehead atoms. The number of amides is 2. The normalized spacial score (nSPS) is 15.4. The van der Waals surface area contributed by atoms with Gasteiger partial charge in [0.2, 0.25) is 21.8 Å². The summed E-state index contributed by atoms with van der Waals surface area (Å²) in [5.41, 5.74) is 1.84. The zero-order valence-corrected chi connectivity index (χ0v) is 19.4. The second kappa shape index (κ2) is 10.3. The van der Waals surface area contributed by atoms with Crippen LogP contribution in [0.3, 0.4) is 0 Å². The summed E-state index contributed by atoms with van der Waals surface area (Å²) in [4.78, 5) is 28.6. The van der Waals surface area contributed by atoms with Gasteiger partial charge >= 0.3 is 0 Å². The fourth-order valence-corrected chi connectivity index (χ4v) is 5.94. The van der Waals surface area contributed by atoms with E-state index in [1.807, 2.05) is 6.07 Å². The molecular weight excluding hydrogens is 464 g/mol. The minimum Gasteiger partial charge on any atom is -0.355 e. The van der Waals surface area contributed by atoms with E-state index in [1.54, 1.807) is 30.6 Å². The zero-order chi connectivity index (χ0) is 23.3. The van der Waals surface area contributed by atoms with Crippen molar-refractivity contribution >= 4 is 44.6 Å². The van der Waals surface area contributed by atoms with Gasteiger partial charge in [-0.3, -0.25) is 14.6 Å². The topological polar surface area (TPSA) is 134 Å². The van der Waals surface area contributed by atoms with Crippen molar-refractivity contribution in [3.05, 3.63) is 48.3 Å². The molecule has 0 unspecified atom stereocenters. The molecule has 1 aliphatic rings. The molecule has 1 aliphatic heterocycles. The van der Waals surface area contributed by atoms with Crippen LogP contribution in [0.15, 0.2) is 47.6 Å². The molecule has 4 rings (SSSR count). The van der Waals surface area contributed by atoms with Crippen molar-refractivity contribution in [3.8, 4) is 0 Å². The number of hydrogen-bond acceptors (Lipinski definition) is 8. The van der Waals surface area contributed by atoms with Crippen LogP contribution < -0.4 is 10.6 Å². The van der Waals surface area contributed by atoms with Gasteiger partial charge in [0.05, 0.1) is 11.7 Å². The van der Waals surface area contributed by atoms with Gasteiger partial charge < -0.3 is 10.6 Å². The molecule has 12 heteroatoms. The highest BCUT2D eigenvalue weighted by atomic mass is 32.2. The molecule has 174 valence electrons. The molecular formula is C21H24N6O4S2. The molecule has 0 radical (unpaired) electrons. The van der Waals surface area contributed by atoms with Gasteiger partial charge in [-0.25, -0.2) is 8.42 Å². The Morgan fingerprint density at radius 3 is 2.67 bits per heavy atom. The van der Waals surface area contributed by atoms with E-state index >= 15 is 0 Å². The molecule has 10 nitrogen and oxygen atoms in total. The number of carbonyl (C=O) groups excluding carboxylic acids is 2. The summed E-state index contributed by atoms with van der Waals surface area (Å²) in [5, 5.41) is 5.58. The summed E-state index contributed by atoms with van der Waals surface area (Å²) in [6.45, 7) is 1.12. The number of aromatic nitrogens is 3. The van der Waals surface area contributed by atoms with Crippen LogP contribution in [0.1, 0.15) is 24.8 Å². The van der Waals surface area contributed by atoms with Gasteiger partial charge in [-0.15, -0.1) is 0 Å². The van der Waals surface area contributed by atoms with Gasteiger partial charge in [0, 0.05) is 50.9 Å². The maximum Gasteiger partial charge on any atom is 0.245 e. The molecule has 33 heavy (non-hydrogen) atoms. The van der Waals surface area contributed by atoms with Gasteiger partial charge in [-0.2, -0.15) is 13.1 Å². The number of nitrogens with one attached hydrogen (secondary N) is 2. The van der Waals surface area contributed by atoms with E-state index in [0.717, 1.165) is 17.3 Å². The number of nitrogens with zero attached hydrogens (tertiary/aromatic N) is 4. The Hall–Kier alpha value is -2.96. The standard InChI is InChI=1S/C21H24N6O4S2/c28-19(24-14-15-3-2-9-22-13-15)6-10-23-21(29)16-7-11-27(12-8-16)33(30,31)18-5-1-4-17-20(18)26-32-25-17/h1-5,9,13,16H,6-8,10-12,14H2,(H,23,29)(H,24,28). The summed E-state index contributed by atoms with van der Waals surface area (Å²) in [5.74, 6) is -0.602. The van der Waals surface area contributed by atoms with Gasteiger partial charge in [-0.05, 0) is 36.6 Å². The SMILES string of the molecule is O=C(CCNC(=O)C1CCN(S(=O)(=O)c2cccc3nsnc23)CC1)NCc1cccnc1. The lowest BCUT2D eigenvalue weighted by atomic mass is 9.97. The number of benzene rings is 1. The van der Waals surface area contributed by atoms with Crippen LogP contribution in [0.5, 0.6) is 0 Å². The lowest BCUT2D eigenvalue weighted by Gasteiger charge is -2.30. The average Bonchev–Trinajstić information content (AvgIpc) is 3.32. The number of pyridine rings is 1. The third-order valence-corrected chi connectivity index (χ3v) is 8.03. The first-order valence-corrected chi connectivity index (χ1v) is 12.8. The predicted molar refractivity (Wildman–Crippen MR) is 123 cm³/mol. The summed E-state index contributed by atoms with van der Waals surface area (Å²) in [6, 6.07) is 8.60. The Morgan fingerprint density at radius 2 is 1.91 bits per heavy atom. The smallest absolute Gasteiger partial charge is 0.245 e. The first-order chi connectivity index (χ1) is 15.9. The van der Waals surface area contributed by atoms with Crippen molar-refractivity contribution in [2.24, 2.45) is 5.92 Å². The second-order valence-corrected chi connectivity index (χ2v) is 10.2. The molecule has 0 saturated carbocycles. The number of hydrogen-bond donors (Lipinski definition) is 2. The van der Waals surface area contributed by atoms with Crippen LogP contribution in [0.25, 0.3) is 11.0 Å². The number of sulfonamides is 1. The van der Waals surface area contributed by atoms with Crippen LogP contribution in [0.4, 0.5) is 0 Å². The van der Waals surface area contributed by atoms with Crippen LogP contribution in [0, 0.1) is 5.92 Å². The molecule has 0 atom stereocenters. The molecule has 2 aromatic heterocycles. The van der Waals surface area contributed by atoms with E-state index in [-0.39, 0.29) is 48.7 Å². The fraction of sp³-hybridized carbons (Fsp3) is 0.381. The van der Waals surface area contributed by atoms with Crippen molar-refractivity contribution in [2.75, 3.05) is 19.6 Å². The first-order valence-electron chi connectivity index (χ1n) is 10.6. The molecule has 1 fully saturated rings. The van der Waals surface area contributed by atoms with E-state index in [0.29, 0.717) is 30.4 Å². The van der Waals surface area contributed by atoms with Crippen molar-refractivity contribution < 1.29 is 18.0 Å². The van der Waals surface area contributed by atoms with Gasteiger partial charge in [0.15, 0.2) is 0 Å². The number of piperidine rings is 1. The summed E-state index contributed by atoms with van der Waals surface area (Å²) < 4.78 is 35.8. The Balaban J connectivity index is 1.23. The Labute approximate surface area is 195 Å². The Bertz CT molecular complexity index is 1220. The monoisotopic (exact) mass is 488 g/mol. The van der Waals surface area contributed by atoms with Crippen molar-refractivity contribution in [3.63, 3.8) is 0 Å². The summed E-state index contributed by atoms with van der Waals surface area (Å²) in [6.07, 6.45) is 4.36. The number of carbonyl (C=O) groups is 2. The minimum atomic E-state index is -3.72. The molecule has 3 heterocycles. The van der Waals surface area contributed by atoms with Gasteiger partial charge in [-0.1, -0.05) is 12.1 Å². The van der Waals surface area contributed by atoms with Crippen LogP contribution >= 0.6 is 11.7 Å². The lowest BCUT2D eigenvalue weighted by Crippen LogP contribution is -2.43. The molecule has 2 amide bonds. The molecule has 0 spiro atoms. The lowest BCUT2D eigenvalue weighted by molar-refractivity contribution is -0.126. The fourth-order valence-electron chi connectivity index (χ4n) is 3.72. The highest BCUT2D eigenvalue weighted by Crippen LogP contribution is 2.28. The maximum absolute atomic E-state index is 13.1. The summed E-state index contributed by atoms with van der Waals surface area (Å²) >= 11 is 0.978. The highest BCUT2D eigenvalue weighted by molar-refractivity contribution is 7.89. The van der Waals surface area contributed by atoms with E-state index in [2.05, 4.69) is 24.4 Å². The molecule has 1 saturated heterocycles. The molecule has 3 aromatic rings. The maximum atomic E-state index is 13.1. The van der Waals surface area contributed by atoms with E-state index in [1.165, 1.54) is 10.4 Å². The van der Waals surface area contributed by atoms with Crippen molar-refractivity contribution in [1.82, 2.24) is 28.7 Å². The Morgan fingerprint density at radius 1 is 1.09 bits per heavy atom. The van der Waals surface area contributed by atoms with Gasteiger partial charge in [0.25, 0.3) is 0 Å². The third-order valence-electron chi connectivity index (χ3n) is 5.56.